The summed E-state index contributed by atoms with van der Waals surface area (Å²) in [5, 5.41) is 6.35. The van der Waals surface area contributed by atoms with Gasteiger partial charge in [0.1, 0.15) is 5.82 Å². The van der Waals surface area contributed by atoms with Crippen LogP contribution >= 0.6 is 0 Å². The Morgan fingerprint density at radius 2 is 1.82 bits per heavy atom. The van der Waals surface area contributed by atoms with Gasteiger partial charge in [-0.1, -0.05) is 24.3 Å². The molecular weight excluding hydrogens is 367 g/mol. The lowest BCUT2D eigenvalue weighted by Gasteiger charge is -2.11. The van der Waals surface area contributed by atoms with E-state index >= 15 is 0 Å². The van der Waals surface area contributed by atoms with Crippen molar-refractivity contribution in [2.24, 2.45) is 4.99 Å². The predicted octanol–water partition coefficient (Wildman–Crippen LogP) is 3.88. The lowest BCUT2D eigenvalue weighted by Crippen LogP contribution is -2.38. The molecule has 1 heterocycles. The molecule has 0 aliphatic carbocycles. The van der Waals surface area contributed by atoms with Crippen molar-refractivity contribution in [3.63, 3.8) is 0 Å². The molecule has 0 aliphatic rings. The third-order valence-electron chi connectivity index (χ3n) is 4.14. The Morgan fingerprint density at radius 3 is 2.50 bits per heavy atom. The third kappa shape index (κ3) is 5.25. The number of alkyl halides is 3. The number of imidazole rings is 1. The van der Waals surface area contributed by atoms with Crippen LogP contribution in [0.2, 0.25) is 0 Å². The van der Waals surface area contributed by atoms with E-state index in [1.807, 2.05) is 31.2 Å². The zero-order chi connectivity index (χ0) is 20.0. The van der Waals surface area contributed by atoms with E-state index in [-0.39, 0.29) is 6.54 Å². The second kappa shape index (κ2) is 8.77. The molecule has 0 aliphatic heterocycles. The molecule has 0 amide bonds. The molecule has 28 heavy (non-hydrogen) atoms. The van der Waals surface area contributed by atoms with E-state index in [1.165, 1.54) is 12.1 Å². The number of hydrogen-bond donors (Lipinski definition) is 3. The summed E-state index contributed by atoms with van der Waals surface area (Å²) in [6.07, 6.45) is -3.63. The number of H-pyrrole nitrogens is 1. The summed E-state index contributed by atoms with van der Waals surface area (Å²) in [5.41, 5.74) is 1.99. The van der Waals surface area contributed by atoms with Crippen molar-refractivity contribution in [2.75, 3.05) is 13.1 Å². The van der Waals surface area contributed by atoms with Crippen LogP contribution in [-0.2, 0) is 19.1 Å². The van der Waals surface area contributed by atoms with Crippen molar-refractivity contribution in [1.29, 1.82) is 0 Å². The molecule has 0 bridgehead atoms. The smallest absolute Gasteiger partial charge is 0.357 e. The van der Waals surface area contributed by atoms with E-state index < -0.39 is 11.7 Å². The first-order valence-corrected chi connectivity index (χ1v) is 9.07. The molecule has 0 unspecified atom stereocenters. The summed E-state index contributed by atoms with van der Waals surface area (Å²) in [6.45, 7) is 3.55. The van der Waals surface area contributed by atoms with Crippen molar-refractivity contribution in [1.82, 2.24) is 20.6 Å². The van der Waals surface area contributed by atoms with Crippen molar-refractivity contribution < 1.29 is 13.2 Å². The summed E-state index contributed by atoms with van der Waals surface area (Å²) in [6, 6.07) is 12.9. The first-order valence-electron chi connectivity index (χ1n) is 9.07. The van der Waals surface area contributed by atoms with Crippen LogP contribution in [0.4, 0.5) is 13.2 Å². The molecule has 2 aromatic carbocycles. The van der Waals surface area contributed by atoms with Crippen LogP contribution in [0.1, 0.15) is 23.9 Å². The maximum Gasteiger partial charge on any atom is 0.416 e. The van der Waals surface area contributed by atoms with Crippen LogP contribution in [-0.4, -0.2) is 29.0 Å². The minimum atomic E-state index is -4.32. The van der Waals surface area contributed by atoms with Crippen LogP contribution in [0.15, 0.2) is 53.5 Å². The Labute approximate surface area is 161 Å². The summed E-state index contributed by atoms with van der Waals surface area (Å²) in [7, 11) is 0. The molecule has 148 valence electrons. The second-order valence-corrected chi connectivity index (χ2v) is 6.27. The van der Waals surface area contributed by atoms with Crippen molar-refractivity contribution in [3.8, 4) is 0 Å². The molecule has 0 atom stereocenters. The highest BCUT2D eigenvalue weighted by atomic mass is 19.4. The van der Waals surface area contributed by atoms with Crippen molar-refractivity contribution in [3.05, 3.63) is 65.5 Å². The van der Waals surface area contributed by atoms with E-state index in [0.717, 1.165) is 29.0 Å². The summed E-state index contributed by atoms with van der Waals surface area (Å²) < 4.78 is 37.9. The Bertz CT molecular complexity index is 896. The van der Waals surface area contributed by atoms with E-state index in [0.29, 0.717) is 31.0 Å². The van der Waals surface area contributed by atoms with Crippen LogP contribution in [0.3, 0.4) is 0 Å². The van der Waals surface area contributed by atoms with Crippen molar-refractivity contribution >= 4 is 17.0 Å². The molecular formula is C20H22F3N5. The minimum absolute atomic E-state index is 0.290. The number of aromatic amines is 1. The molecule has 3 N–H and O–H groups in total. The zero-order valence-electron chi connectivity index (χ0n) is 15.5. The molecule has 0 radical (unpaired) electrons. The van der Waals surface area contributed by atoms with Crippen LogP contribution in [0.25, 0.3) is 11.0 Å². The molecule has 5 nitrogen and oxygen atoms in total. The number of hydrogen-bond acceptors (Lipinski definition) is 2. The third-order valence-corrected chi connectivity index (χ3v) is 4.14. The van der Waals surface area contributed by atoms with E-state index in [2.05, 4.69) is 25.6 Å². The number of rotatable bonds is 6. The van der Waals surface area contributed by atoms with Gasteiger partial charge in [-0.3, -0.25) is 0 Å². The lowest BCUT2D eigenvalue weighted by molar-refractivity contribution is -0.137. The van der Waals surface area contributed by atoms with Crippen LogP contribution in [0, 0.1) is 0 Å². The Hall–Kier alpha value is -3.03. The number of para-hydroxylation sites is 2. The number of aliphatic imine (C=N–C) groups is 1. The monoisotopic (exact) mass is 389 g/mol. The van der Waals surface area contributed by atoms with E-state index in [9.17, 15) is 13.2 Å². The topological polar surface area (TPSA) is 65.1 Å². The lowest BCUT2D eigenvalue weighted by atomic mass is 10.1. The molecule has 0 spiro atoms. The molecule has 8 heteroatoms. The summed E-state index contributed by atoms with van der Waals surface area (Å²) in [5.74, 6) is 1.49. The average molecular weight is 389 g/mol. The maximum absolute atomic E-state index is 12.6. The quantitative estimate of drug-likeness (QED) is 0.443. The fraction of sp³-hybridized carbons (Fsp3) is 0.300. The van der Waals surface area contributed by atoms with Gasteiger partial charge in [-0.15, -0.1) is 0 Å². The predicted molar refractivity (Wildman–Crippen MR) is 104 cm³/mol. The SMILES string of the molecule is CCNC(=NCc1ccc(C(F)(F)F)cc1)NCCc1nc2ccccc2[nH]1. The Kier molecular flexibility index (Phi) is 6.18. The average Bonchev–Trinajstić information content (AvgIpc) is 3.08. The van der Waals surface area contributed by atoms with Gasteiger partial charge in [0.2, 0.25) is 0 Å². The highest BCUT2D eigenvalue weighted by molar-refractivity contribution is 5.79. The molecule has 0 saturated carbocycles. The van der Waals surface area contributed by atoms with Gasteiger partial charge in [0.05, 0.1) is 23.1 Å². The number of halogens is 3. The van der Waals surface area contributed by atoms with Crippen LogP contribution in [0.5, 0.6) is 0 Å². The fourth-order valence-electron chi connectivity index (χ4n) is 2.73. The fourth-order valence-corrected chi connectivity index (χ4v) is 2.73. The van der Waals surface area contributed by atoms with Crippen LogP contribution < -0.4 is 10.6 Å². The highest BCUT2D eigenvalue weighted by Crippen LogP contribution is 2.29. The largest absolute Gasteiger partial charge is 0.416 e. The Morgan fingerprint density at radius 1 is 1.07 bits per heavy atom. The van der Waals surface area contributed by atoms with Gasteiger partial charge in [-0.25, -0.2) is 9.98 Å². The molecule has 0 saturated heterocycles. The van der Waals surface area contributed by atoms with Gasteiger partial charge >= 0.3 is 6.18 Å². The first-order chi connectivity index (χ1) is 13.5. The van der Waals surface area contributed by atoms with E-state index in [4.69, 9.17) is 0 Å². The van der Waals surface area contributed by atoms with Gasteiger partial charge in [-0.2, -0.15) is 13.2 Å². The highest BCUT2D eigenvalue weighted by Gasteiger charge is 2.29. The summed E-state index contributed by atoms with van der Waals surface area (Å²) in [4.78, 5) is 12.2. The first kappa shape index (κ1) is 19.7. The number of fused-ring (bicyclic) bond motifs is 1. The maximum atomic E-state index is 12.6. The van der Waals surface area contributed by atoms with Gasteiger partial charge < -0.3 is 15.6 Å². The second-order valence-electron chi connectivity index (χ2n) is 6.27. The van der Waals surface area contributed by atoms with Gasteiger partial charge in [0.25, 0.3) is 0 Å². The standard InChI is InChI=1S/C20H22F3N5/c1-2-24-19(26-13-14-7-9-15(10-8-14)20(21,22)23)25-12-11-18-27-16-5-3-4-6-17(16)28-18/h3-10H,2,11-13H2,1H3,(H,27,28)(H2,24,25,26). The van der Waals surface area contributed by atoms with E-state index in [1.54, 1.807) is 0 Å². The number of aromatic nitrogens is 2. The van der Waals surface area contributed by atoms with Gasteiger partial charge in [0.15, 0.2) is 5.96 Å². The number of benzene rings is 2. The molecule has 3 rings (SSSR count). The van der Waals surface area contributed by atoms with Gasteiger partial charge in [0, 0.05) is 19.5 Å². The summed E-state index contributed by atoms with van der Waals surface area (Å²) >= 11 is 0. The number of guanidine groups is 1. The number of nitrogens with zero attached hydrogens (tertiary/aromatic N) is 2. The van der Waals surface area contributed by atoms with Crippen molar-refractivity contribution in [2.45, 2.75) is 26.1 Å². The molecule has 0 fully saturated rings. The van der Waals surface area contributed by atoms with Gasteiger partial charge in [-0.05, 0) is 36.8 Å². The normalized spacial score (nSPS) is 12.4. The zero-order valence-corrected chi connectivity index (χ0v) is 15.5. The minimum Gasteiger partial charge on any atom is -0.357 e. The molecule has 1 aromatic heterocycles. The number of nitrogens with one attached hydrogen (secondary N) is 3. The molecule has 3 aromatic rings. The Balaban J connectivity index is 1.56.